The van der Waals surface area contributed by atoms with Gasteiger partial charge in [0.2, 0.25) is 15.9 Å². The summed E-state index contributed by atoms with van der Waals surface area (Å²) in [6.07, 6.45) is 0.912. The molecule has 0 aromatic heterocycles. The van der Waals surface area contributed by atoms with Crippen molar-refractivity contribution >= 4 is 27.3 Å². The number of carbonyl (C=O) groups is 1. The number of nitrogens with one attached hydrogen (secondary N) is 2. The molecule has 24 heavy (non-hydrogen) atoms. The molecule has 0 heterocycles. The third-order valence-corrected chi connectivity index (χ3v) is 3.68. The second-order valence-corrected chi connectivity index (χ2v) is 6.85. The highest BCUT2D eigenvalue weighted by Gasteiger charge is 2.12. The first kappa shape index (κ1) is 17.7. The highest BCUT2D eigenvalue weighted by molar-refractivity contribution is 7.92. The van der Waals surface area contributed by atoms with Gasteiger partial charge in [-0.05, 0) is 23.8 Å². The first-order chi connectivity index (χ1) is 11.3. The van der Waals surface area contributed by atoms with Crippen LogP contribution in [0.25, 0.3) is 0 Å². The highest BCUT2D eigenvalue weighted by Crippen LogP contribution is 2.28. The minimum Gasteiger partial charge on any atom is -0.494 e. The topological polar surface area (TPSA) is 84.5 Å². The van der Waals surface area contributed by atoms with E-state index >= 15 is 0 Å². The Labute approximate surface area is 139 Å². The van der Waals surface area contributed by atoms with Gasteiger partial charge >= 0.3 is 0 Å². The van der Waals surface area contributed by atoms with Gasteiger partial charge in [0.05, 0.1) is 25.5 Å². The van der Waals surface area contributed by atoms with Crippen molar-refractivity contribution in [3.05, 3.63) is 53.8 Å². The van der Waals surface area contributed by atoms with E-state index in [1.807, 2.05) is 0 Å². The molecule has 128 valence electrons. The Kier molecular flexibility index (Phi) is 5.40. The fraction of sp³-hybridized carbons (Fsp3) is 0.188. The largest absolute Gasteiger partial charge is 0.494 e. The van der Waals surface area contributed by atoms with Gasteiger partial charge in [0, 0.05) is 11.8 Å². The molecule has 0 saturated heterocycles. The van der Waals surface area contributed by atoms with Crippen LogP contribution in [-0.4, -0.2) is 27.7 Å². The van der Waals surface area contributed by atoms with Crippen LogP contribution < -0.4 is 14.8 Å². The van der Waals surface area contributed by atoms with E-state index in [2.05, 4.69) is 10.0 Å². The molecule has 0 aliphatic rings. The van der Waals surface area contributed by atoms with Crippen LogP contribution in [0, 0.1) is 5.82 Å². The lowest BCUT2D eigenvalue weighted by Gasteiger charge is -2.12. The molecular formula is C16H17FN2O4S. The Morgan fingerprint density at radius 1 is 1.21 bits per heavy atom. The molecule has 0 fully saturated rings. The lowest BCUT2D eigenvalue weighted by atomic mass is 10.1. The van der Waals surface area contributed by atoms with Crippen LogP contribution in [0.3, 0.4) is 0 Å². The van der Waals surface area contributed by atoms with Crippen molar-refractivity contribution in [1.82, 2.24) is 0 Å². The third kappa shape index (κ3) is 4.95. The molecule has 0 unspecified atom stereocenters. The maximum atomic E-state index is 13.6. The molecule has 0 spiro atoms. The van der Waals surface area contributed by atoms with Gasteiger partial charge in [-0.3, -0.25) is 9.52 Å². The summed E-state index contributed by atoms with van der Waals surface area (Å²) in [5, 5.41) is 2.62. The van der Waals surface area contributed by atoms with E-state index in [9.17, 15) is 17.6 Å². The number of ether oxygens (including phenoxy) is 1. The van der Waals surface area contributed by atoms with Gasteiger partial charge in [0.15, 0.2) is 0 Å². The van der Waals surface area contributed by atoms with Gasteiger partial charge in [-0.2, -0.15) is 0 Å². The average molecular weight is 352 g/mol. The number of methoxy groups -OCH3 is 1. The SMILES string of the molecule is COc1cc(NC(=O)Cc2ccccc2F)ccc1NS(C)(=O)=O. The molecule has 0 bridgehead atoms. The Hall–Kier alpha value is -2.61. The molecule has 2 N–H and O–H groups in total. The van der Waals surface area contributed by atoms with E-state index in [-0.39, 0.29) is 23.4 Å². The summed E-state index contributed by atoms with van der Waals surface area (Å²) in [6, 6.07) is 10.5. The summed E-state index contributed by atoms with van der Waals surface area (Å²) < 4.78 is 43.6. The molecule has 0 radical (unpaired) electrons. The number of carbonyl (C=O) groups excluding carboxylic acids is 1. The average Bonchev–Trinajstić information content (AvgIpc) is 2.49. The summed E-state index contributed by atoms with van der Waals surface area (Å²) in [7, 11) is -2.07. The Balaban J connectivity index is 2.12. The van der Waals surface area contributed by atoms with E-state index < -0.39 is 21.7 Å². The summed E-state index contributed by atoms with van der Waals surface area (Å²) >= 11 is 0. The predicted octanol–water partition coefficient (Wildman–Crippen LogP) is 2.39. The zero-order valence-corrected chi connectivity index (χ0v) is 14.0. The number of anilines is 2. The van der Waals surface area contributed by atoms with E-state index in [4.69, 9.17) is 4.74 Å². The maximum Gasteiger partial charge on any atom is 0.229 e. The molecule has 8 heteroatoms. The van der Waals surface area contributed by atoms with Crippen LogP contribution in [0.15, 0.2) is 42.5 Å². The summed E-state index contributed by atoms with van der Waals surface area (Å²) in [4.78, 5) is 12.0. The molecule has 2 aromatic carbocycles. The Morgan fingerprint density at radius 3 is 2.54 bits per heavy atom. The normalized spacial score (nSPS) is 11.0. The van der Waals surface area contributed by atoms with Gasteiger partial charge in [0.25, 0.3) is 0 Å². The highest BCUT2D eigenvalue weighted by atomic mass is 32.2. The zero-order valence-electron chi connectivity index (χ0n) is 13.2. The molecular weight excluding hydrogens is 335 g/mol. The van der Waals surface area contributed by atoms with Crippen LogP contribution >= 0.6 is 0 Å². The third-order valence-electron chi connectivity index (χ3n) is 3.09. The van der Waals surface area contributed by atoms with Gasteiger partial charge in [-0.15, -0.1) is 0 Å². The summed E-state index contributed by atoms with van der Waals surface area (Å²) in [6.45, 7) is 0. The number of hydrogen-bond donors (Lipinski definition) is 2. The summed E-state index contributed by atoms with van der Waals surface area (Å²) in [5.74, 6) is -0.590. The minimum absolute atomic E-state index is 0.113. The number of rotatable bonds is 6. The number of benzene rings is 2. The fourth-order valence-electron chi connectivity index (χ4n) is 2.07. The van der Waals surface area contributed by atoms with Gasteiger partial charge in [-0.1, -0.05) is 18.2 Å². The molecule has 0 saturated carbocycles. The first-order valence-corrected chi connectivity index (χ1v) is 8.87. The lowest BCUT2D eigenvalue weighted by molar-refractivity contribution is -0.115. The second-order valence-electron chi connectivity index (χ2n) is 5.11. The predicted molar refractivity (Wildman–Crippen MR) is 90.2 cm³/mol. The Morgan fingerprint density at radius 2 is 1.92 bits per heavy atom. The van der Waals surface area contributed by atoms with Crippen molar-refractivity contribution in [2.75, 3.05) is 23.4 Å². The van der Waals surface area contributed by atoms with Crippen LogP contribution in [0.1, 0.15) is 5.56 Å². The number of hydrogen-bond acceptors (Lipinski definition) is 4. The zero-order chi connectivity index (χ0) is 17.7. The Bertz CT molecular complexity index is 853. The van der Waals surface area contributed by atoms with E-state index in [0.29, 0.717) is 5.69 Å². The van der Waals surface area contributed by atoms with Crippen LogP contribution in [0.5, 0.6) is 5.75 Å². The van der Waals surface area contributed by atoms with Crippen molar-refractivity contribution < 1.29 is 22.3 Å². The monoisotopic (exact) mass is 352 g/mol. The van der Waals surface area contributed by atoms with Crippen LogP contribution in [-0.2, 0) is 21.2 Å². The lowest BCUT2D eigenvalue weighted by Crippen LogP contribution is -2.15. The number of halogens is 1. The van der Waals surface area contributed by atoms with Crippen molar-refractivity contribution in [1.29, 1.82) is 0 Å². The van der Waals surface area contributed by atoms with E-state index in [1.54, 1.807) is 12.1 Å². The smallest absolute Gasteiger partial charge is 0.229 e. The van der Waals surface area contributed by atoms with Gasteiger partial charge < -0.3 is 10.1 Å². The quantitative estimate of drug-likeness (QED) is 0.836. The van der Waals surface area contributed by atoms with Crippen molar-refractivity contribution in [3.63, 3.8) is 0 Å². The van der Waals surface area contributed by atoms with Crippen molar-refractivity contribution in [2.24, 2.45) is 0 Å². The fourth-order valence-corrected chi connectivity index (χ4v) is 2.64. The van der Waals surface area contributed by atoms with E-state index in [1.165, 1.54) is 37.4 Å². The standard InChI is InChI=1S/C16H17FN2O4S/c1-23-15-10-12(7-8-14(15)19-24(2,21)22)18-16(20)9-11-5-3-4-6-13(11)17/h3-8,10,19H,9H2,1-2H3,(H,18,20). The molecule has 2 aromatic rings. The minimum atomic E-state index is -3.45. The molecule has 6 nitrogen and oxygen atoms in total. The second kappa shape index (κ2) is 7.31. The molecule has 0 aliphatic heterocycles. The molecule has 1 amide bonds. The van der Waals surface area contributed by atoms with Crippen LogP contribution in [0.4, 0.5) is 15.8 Å². The number of sulfonamides is 1. The van der Waals surface area contributed by atoms with Crippen molar-refractivity contribution in [2.45, 2.75) is 6.42 Å². The van der Waals surface area contributed by atoms with Gasteiger partial charge in [-0.25, -0.2) is 12.8 Å². The van der Waals surface area contributed by atoms with Gasteiger partial charge in [0.1, 0.15) is 11.6 Å². The molecule has 0 aliphatic carbocycles. The van der Waals surface area contributed by atoms with E-state index in [0.717, 1.165) is 6.26 Å². The van der Waals surface area contributed by atoms with Crippen LogP contribution in [0.2, 0.25) is 0 Å². The van der Waals surface area contributed by atoms with Crippen molar-refractivity contribution in [3.8, 4) is 5.75 Å². The maximum absolute atomic E-state index is 13.6. The first-order valence-electron chi connectivity index (χ1n) is 6.97. The molecule has 0 atom stereocenters. The summed E-state index contributed by atoms with van der Waals surface area (Å²) in [5.41, 5.74) is 0.955. The molecule has 2 rings (SSSR count). The number of amides is 1.